The molecule has 0 unspecified atom stereocenters. The Hall–Kier alpha value is -1.65. The Balaban J connectivity index is 2.46. The van der Waals surface area contributed by atoms with Gasteiger partial charge in [0.25, 0.3) is 5.88 Å². The van der Waals surface area contributed by atoms with E-state index in [0.29, 0.717) is 33.5 Å². The summed E-state index contributed by atoms with van der Waals surface area (Å²) in [5, 5.41) is 4.50. The van der Waals surface area contributed by atoms with Gasteiger partial charge in [-0.25, -0.2) is 4.98 Å². The van der Waals surface area contributed by atoms with E-state index >= 15 is 0 Å². The molecule has 1 aromatic heterocycles. The van der Waals surface area contributed by atoms with Crippen LogP contribution in [0, 0.1) is 13.8 Å². The number of pyridine rings is 1. The first-order valence-electron chi connectivity index (χ1n) is 8.35. The number of ether oxygens (including phenoxy) is 2. The number of nitrogens with zero attached hydrogens (tertiary/aromatic N) is 1. The molecule has 0 fully saturated rings. The van der Waals surface area contributed by atoms with Gasteiger partial charge in [0.1, 0.15) is 0 Å². The summed E-state index contributed by atoms with van der Waals surface area (Å²) in [7, 11) is 1.60. The van der Waals surface area contributed by atoms with Crippen LogP contribution in [-0.4, -0.2) is 18.1 Å². The highest BCUT2D eigenvalue weighted by atomic mass is 35.5. The quantitative estimate of drug-likeness (QED) is 0.600. The average Bonchev–Trinajstić information content (AvgIpc) is 2.55. The fraction of sp³-hybridized carbons (Fsp3) is 0.421. The highest BCUT2D eigenvalue weighted by Crippen LogP contribution is 2.41. The van der Waals surface area contributed by atoms with Crippen molar-refractivity contribution < 1.29 is 9.47 Å². The van der Waals surface area contributed by atoms with Gasteiger partial charge in [0.2, 0.25) is 5.75 Å². The normalized spacial score (nSPS) is 10.9. The molecule has 0 radical (unpaired) electrons. The highest BCUT2D eigenvalue weighted by molar-refractivity contribution is 6.35. The van der Waals surface area contributed by atoms with E-state index in [0.717, 1.165) is 29.8 Å². The van der Waals surface area contributed by atoms with Gasteiger partial charge in [-0.2, -0.15) is 0 Å². The Labute approximate surface area is 159 Å². The predicted molar refractivity (Wildman–Crippen MR) is 105 cm³/mol. The first kappa shape index (κ1) is 19.7. The zero-order valence-corrected chi connectivity index (χ0v) is 16.8. The van der Waals surface area contributed by atoms with E-state index in [1.54, 1.807) is 19.2 Å². The summed E-state index contributed by atoms with van der Waals surface area (Å²) in [5.74, 6) is 1.46. The van der Waals surface area contributed by atoms with Crippen LogP contribution in [0.15, 0.2) is 18.2 Å². The van der Waals surface area contributed by atoms with Crippen molar-refractivity contribution in [2.24, 2.45) is 0 Å². The number of aromatic nitrogens is 1. The molecule has 2 aromatic rings. The number of methoxy groups -OCH3 is 1. The molecule has 1 aromatic carbocycles. The molecule has 0 spiro atoms. The van der Waals surface area contributed by atoms with E-state index in [1.165, 1.54) is 0 Å². The van der Waals surface area contributed by atoms with Crippen LogP contribution in [0.25, 0.3) is 0 Å². The van der Waals surface area contributed by atoms with Crippen molar-refractivity contribution in [1.82, 2.24) is 4.98 Å². The van der Waals surface area contributed by atoms with Gasteiger partial charge < -0.3 is 14.8 Å². The summed E-state index contributed by atoms with van der Waals surface area (Å²) in [6.07, 6.45) is 2.03. The van der Waals surface area contributed by atoms with Crippen LogP contribution in [0.1, 0.15) is 37.9 Å². The molecule has 136 valence electrons. The highest BCUT2D eigenvalue weighted by Gasteiger charge is 2.19. The molecule has 1 N–H and O–H groups in total. The maximum atomic E-state index is 6.30. The zero-order chi connectivity index (χ0) is 18.6. The number of hydrogen-bond donors (Lipinski definition) is 1. The van der Waals surface area contributed by atoms with E-state index in [1.807, 2.05) is 19.9 Å². The Morgan fingerprint density at radius 2 is 1.76 bits per heavy atom. The minimum atomic E-state index is 0.351. The molecule has 1 heterocycles. The molecule has 0 saturated heterocycles. The minimum Gasteiger partial charge on any atom is -0.490 e. The van der Waals surface area contributed by atoms with Crippen LogP contribution in [0.3, 0.4) is 0 Å². The third-order valence-corrected chi connectivity index (χ3v) is 4.51. The van der Waals surface area contributed by atoms with Gasteiger partial charge in [-0.15, -0.1) is 0 Å². The standard InChI is InChI=1S/C19H24Cl2N2O2/c1-6-14(7-2)23-16-9-12(4)22-19(18(16)24-5)25-17-11(3)8-13(20)10-15(17)21/h8-10,14H,6-7H2,1-5H3,(H,22,23). The molecule has 25 heavy (non-hydrogen) atoms. The van der Waals surface area contributed by atoms with Gasteiger partial charge in [0, 0.05) is 16.8 Å². The predicted octanol–water partition coefficient (Wildman–Crippen LogP) is 6.41. The maximum absolute atomic E-state index is 6.30. The lowest BCUT2D eigenvalue weighted by Gasteiger charge is -2.21. The number of anilines is 1. The van der Waals surface area contributed by atoms with Crippen LogP contribution in [0.2, 0.25) is 10.0 Å². The van der Waals surface area contributed by atoms with Crippen molar-refractivity contribution in [1.29, 1.82) is 0 Å². The zero-order valence-electron chi connectivity index (χ0n) is 15.2. The van der Waals surface area contributed by atoms with Crippen molar-refractivity contribution in [3.63, 3.8) is 0 Å². The SMILES string of the molecule is CCC(CC)Nc1cc(C)nc(Oc2c(C)cc(Cl)cc2Cl)c1OC. The van der Waals surface area contributed by atoms with E-state index < -0.39 is 0 Å². The van der Waals surface area contributed by atoms with E-state index in [9.17, 15) is 0 Å². The number of halogens is 2. The molecule has 6 heteroatoms. The number of aryl methyl sites for hydroxylation is 2. The maximum Gasteiger partial charge on any atom is 0.265 e. The monoisotopic (exact) mass is 382 g/mol. The molecule has 0 amide bonds. The summed E-state index contributed by atoms with van der Waals surface area (Å²) in [5.41, 5.74) is 2.52. The number of rotatable bonds is 7. The van der Waals surface area contributed by atoms with Crippen molar-refractivity contribution in [3.05, 3.63) is 39.5 Å². The minimum absolute atomic E-state index is 0.351. The lowest BCUT2D eigenvalue weighted by molar-refractivity contribution is 0.369. The average molecular weight is 383 g/mol. The van der Waals surface area contributed by atoms with Gasteiger partial charge in [-0.1, -0.05) is 37.0 Å². The van der Waals surface area contributed by atoms with Crippen LogP contribution in [0.4, 0.5) is 5.69 Å². The summed E-state index contributed by atoms with van der Waals surface area (Å²) in [4.78, 5) is 4.48. The van der Waals surface area contributed by atoms with Crippen molar-refractivity contribution in [2.75, 3.05) is 12.4 Å². The first-order chi connectivity index (χ1) is 11.9. The second-order valence-electron chi connectivity index (χ2n) is 5.94. The molecule has 0 aliphatic rings. The summed E-state index contributed by atoms with van der Waals surface area (Å²) in [6, 6.07) is 5.76. The van der Waals surface area contributed by atoms with Gasteiger partial charge in [0.05, 0.1) is 17.8 Å². The molecular weight excluding hydrogens is 359 g/mol. The Kier molecular flexibility index (Phi) is 6.79. The second-order valence-corrected chi connectivity index (χ2v) is 6.79. The van der Waals surface area contributed by atoms with Crippen molar-refractivity contribution in [3.8, 4) is 17.4 Å². The van der Waals surface area contributed by atoms with E-state index in [4.69, 9.17) is 32.7 Å². The number of hydrogen-bond acceptors (Lipinski definition) is 4. The van der Waals surface area contributed by atoms with Gasteiger partial charge in [0.15, 0.2) is 5.75 Å². The first-order valence-corrected chi connectivity index (χ1v) is 9.10. The van der Waals surface area contributed by atoms with Crippen LogP contribution in [-0.2, 0) is 0 Å². The van der Waals surface area contributed by atoms with Gasteiger partial charge in [-0.05, 0) is 50.5 Å². The molecule has 0 atom stereocenters. The van der Waals surface area contributed by atoms with Crippen LogP contribution >= 0.6 is 23.2 Å². The molecule has 0 saturated carbocycles. The largest absolute Gasteiger partial charge is 0.490 e. The van der Waals surface area contributed by atoms with Gasteiger partial charge in [-0.3, -0.25) is 0 Å². The smallest absolute Gasteiger partial charge is 0.265 e. The lowest BCUT2D eigenvalue weighted by atomic mass is 10.1. The number of benzene rings is 1. The Bertz CT molecular complexity index is 723. The number of nitrogens with one attached hydrogen (secondary N) is 1. The fourth-order valence-electron chi connectivity index (χ4n) is 2.63. The van der Waals surface area contributed by atoms with Crippen LogP contribution in [0.5, 0.6) is 17.4 Å². The topological polar surface area (TPSA) is 43.4 Å². The molecular formula is C19H24Cl2N2O2. The third kappa shape index (κ3) is 4.71. The molecule has 0 bridgehead atoms. The van der Waals surface area contributed by atoms with Crippen molar-refractivity contribution in [2.45, 2.75) is 46.6 Å². The third-order valence-electron chi connectivity index (χ3n) is 4.01. The fourth-order valence-corrected chi connectivity index (χ4v) is 3.27. The second kappa shape index (κ2) is 8.63. The molecule has 4 nitrogen and oxygen atoms in total. The molecule has 0 aliphatic heterocycles. The summed E-state index contributed by atoms with van der Waals surface area (Å²) < 4.78 is 11.6. The lowest BCUT2D eigenvalue weighted by Crippen LogP contribution is -2.18. The molecule has 0 aliphatic carbocycles. The van der Waals surface area contributed by atoms with Crippen molar-refractivity contribution >= 4 is 28.9 Å². The summed E-state index contributed by atoms with van der Waals surface area (Å²) in [6.45, 7) is 8.10. The Morgan fingerprint density at radius 3 is 2.32 bits per heavy atom. The molecule has 2 rings (SSSR count). The van der Waals surface area contributed by atoms with E-state index in [-0.39, 0.29) is 0 Å². The van der Waals surface area contributed by atoms with Crippen LogP contribution < -0.4 is 14.8 Å². The Morgan fingerprint density at radius 1 is 1.08 bits per heavy atom. The van der Waals surface area contributed by atoms with Gasteiger partial charge >= 0.3 is 0 Å². The van der Waals surface area contributed by atoms with E-state index in [2.05, 4.69) is 24.1 Å². The summed E-state index contributed by atoms with van der Waals surface area (Å²) >= 11 is 12.3.